The predicted molar refractivity (Wildman–Crippen MR) is 78.2 cm³/mol. The molecule has 0 aromatic heterocycles. The number of hydrogen-bond acceptors (Lipinski definition) is 6. The summed E-state index contributed by atoms with van der Waals surface area (Å²) in [5.74, 6) is -0.818. The fraction of sp³-hybridized carbons (Fsp3) is 0.143. The number of rotatable bonds is 5. The predicted octanol–water partition coefficient (Wildman–Crippen LogP) is 3.33. The van der Waals surface area contributed by atoms with Gasteiger partial charge < -0.3 is 9.47 Å². The summed E-state index contributed by atoms with van der Waals surface area (Å²) >= 11 is 0. The van der Waals surface area contributed by atoms with Crippen LogP contribution in [0.2, 0.25) is 0 Å². The van der Waals surface area contributed by atoms with Crippen molar-refractivity contribution in [2.24, 2.45) is 0 Å². The Morgan fingerprint density at radius 3 is 2.24 bits per heavy atom. The molecule has 0 amide bonds. The largest absolute Gasteiger partial charge is 0.573 e. The van der Waals surface area contributed by atoms with Gasteiger partial charge in [0.05, 0.1) is 27.9 Å². The number of sulfone groups is 1. The van der Waals surface area contributed by atoms with E-state index in [0.29, 0.717) is 6.07 Å². The highest BCUT2D eigenvalue weighted by Gasteiger charge is 2.32. The second kappa shape index (κ2) is 6.59. The van der Waals surface area contributed by atoms with Gasteiger partial charge in [-0.05, 0) is 24.3 Å². The Bertz CT molecular complexity index is 911. The molecule has 0 aliphatic carbocycles. The average Bonchev–Trinajstić information content (AvgIpc) is 2.53. The Morgan fingerprint density at radius 2 is 1.68 bits per heavy atom. The lowest BCUT2D eigenvalue weighted by Gasteiger charge is -2.11. The Morgan fingerprint density at radius 1 is 1.04 bits per heavy atom. The molecule has 0 fully saturated rings. The van der Waals surface area contributed by atoms with Crippen molar-refractivity contribution in [2.45, 2.75) is 16.2 Å². The van der Waals surface area contributed by atoms with E-state index in [9.17, 15) is 31.7 Å². The molecule has 25 heavy (non-hydrogen) atoms. The van der Waals surface area contributed by atoms with Crippen molar-refractivity contribution < 1.29 is 36.0 Å². The molecule has 2 rings (SSSR count). The summed E-state index contributed by atoms with van der Waals surface area (Å²) in [5.41, 5.74) is -0.541. The highest BCUT2D eigenvalue weighted by atomic mass is 32.2. The minimum Gasteiger partial charge on any atom is -0.496 e. The van der Waals surface area contributed by atoms with Gasteiger partial charge in [-0.25, -0.2) is 8.42 Å². The van der Waals surface area contributed by atoms with Gasteiger partial charge >= 0.3 is 6.36 Å². The number of non-ortho nitro benzene ring substituents is 1. The van der Waals surface area contributed by atoms with Gasteiger partial charge in [-0.3, -0.25) is 10.1 Å². The lowest BCUT2D eigenvalue weighted by molar-refractivity contribution is -0.385. The maximum Gasteiger partial charge on any atom is 0.573 e. The Balaban J connectivity index is 2.54. The summed E-state index contributed by atoms with van der Waals surface area (Å²) in [6.45, 7) is 0. The van der Waals surface area contributed by atoms with Crippen LogP contribution in [0.25, 0.3) is 0 Å². The molecule has 0 bridgehead atoms. The van der Waals surface area contributed by atoms with Crippen LogP contribution in [0.15, 0.2) is 52.3 Å². The van der Waals surface area contributed by atoms with Gasteiger partial charge in [-0.15, -0.1) is 13.2 Å². The minimum absolute atomic E-state index is 0.0875. The zero-order chi connectivity index (χ0) is 18.8. The van der Waals surface area contributed by atoms with Crippen molar-refractivity contribution >= 4 is 15.5 Å². The molecule has 0 atom stereocenters. The topological polar surface area (TPSA) is 95.7 Å². The fourth-order valence-corrected chi connectivity index (χ4v) is 3.26. The first-order valence-electron chi connectivity index (χ1n) is 6.47. The monoisotopic (exact) mass is 377 g/mol. The molecule has 0 aliphatic rings. The molecule has 0 saturated heterocycles. The van der Waals surface area contributed by atoms with E-state index in [1.165, 1.54) is 7.11 Å². The van der Waals surface area contributed by atoms with Crippen molar-refractivity contribution in [2.75, 3.05) is 7.11 Å². The molecule has 0 N–H and O–H groups in total. The van der Waals surface area contributed by atoms with Crippen molar-refractivity contribution in [3.8, 4) is 11.5 Å². The van der Waals surface area contributed by atoms with Crippen LogP contribution in [-0.2, 0) is 9.84 Å². The van der Waals surface area contributed by atoms with Crippen molar-refractivity contribution in [3.05, 3.63) is 52.6 Å². The summed E-state index contributed by atoms with van der Waals surface area (Å²) in [7, 11) is -3.15. The summed E-state index contributed by atoms with van der Waals surface area (Å²) in [5, 5.41) is 10.9. The Kier molecular flexibility index (Phi) is 4.88. The van der Waals surface area contributed by atoms with Crippen LogP contribution in [0.1, 0.15) is 0 Å². The van der Waals surface area contributed by atoms with Crippen LogP contribution in [-0.4, -0.2) is 26.8 Å². The quantitative estimate of drug-likeness (QED) is 0.586. The molecule has 2 aromatic carbocycles. The van der Waals surface area contributed by atoms with Crippen LogP contribution in [0, 0.1) is 10.1 Å². The smallest absolute Gasteiger partial charge is 0.496 e. The lowest BCUT2D eigenvalue weighted by Crippen LogP contribution is -2.17. The van der Waals surface area contributed by atoms with Gasteiger partial charge in [0.2, 0.25) is 9.84 Å². The van der Waals surface area contributed by atoms with Crippen LogP contribution in [0.5, 0.6) is 11.5 Å². The first kappa shape index (κ1) is 18.5. The number of methoxy groups -OCH3 is 1. The van der Waals surface area contributed by atoms with Crippen molar-refractivity contribution in [3.63, 3.8) is 0 Å². The zero-order valence-corrected chi connectivity index (χ0v) is 13.3. The first-order valence-corrected chi connectivity index (χ1v) is 7.95. The van der Waals surface area contributed by atoms with E-state index < -0.39 is 42.4 Å². The van der Waals surface area contributed by atoms with Crippen LogP contribution < -0.4 is 9.47 Å². The molecule has 0 aliphatic heterocycles. The number of benzene rings is 2. The number of nitro groups is 1. The SMILES string of the molecule is COc1cc([N+](=O)[O-])cc(S(=O)(=O)c2cccc(OC(F)(F)F)c2)c1. The highest BCUT2D eigenvalue weighted by Crippen LogP contribution is 2.31. The van der Waals surface area contributed by atoms with Gasteiger partial charge in [0, 0.05) is 6.07 Å². The second-order valence-electron chi connectivity index (χ2n) is 4.65. The van der Waals surface area contributed by atoms with Crippen LogP contribution in [0.4, 0.5) is 18.9 Å². The molecule has 134 valence electrons. The maximum absolute atomic E-state index is 12.6. The van der Waals surface area contributed by atoms with Crippen molar-refractivity contribution in [1.82, 2.24) is 0 Å². The molecule has 0 unspecified atom stereocenters. The normalized spacial score (nSPS) is 11.8. The van der Waals surface area contributed by atoms with E-state index in [-0.39, 0.29) is 5.75 Å². The fourth-order valence-electron chi connectivity index (χ4n) is 1.91. The molecule has 0 spiro atoms. The Hall–Kier alpha value is -2.82. The lowest BCUT2D eigenvalue weighted by atomic mass is 10.3. The first-order chi connectivity index (χ1) is 11.5. The molecular weight excluding hydrogens is 367 g/mol. The molecule has 7 nitrogen and oxygen atoms in total. The van der Waals surface area contributed by atoms with Crippen LogP contribution >= 0.6 is 0 Å². The van der Waals surface area contributed by atoms with Gasteiger partial charge in [0.15, 0.2) is 0 Å². The molecule has 0 saturated carbocycles. The number of nitrogens with zero attached hydrogens (tertiary/aromatic N) is 1. The number of halogens is 3. The average molecular weight is 377 g/mol. The third kappa shape index (κ3) is 4.38. The van der Waals surface area contributed by atoms with Crippen LogP contribution in [0.3, 0.4) is 0 Å². The number of nitro benzene ring substituents is 1. The van der Waals surface area contributed by atoms with Gasteiger partial charge in [0.1, 0.15) is 11.5 Å². The van der Waals surface area contributed by atoms with E-state index in [4.69, 9.17) is 4.74 Å². The molecule has 11 heteroatoms. The van der Waals surface area contributed by atoms with E-state index in [1.54, 1.807) is 0 Å². The van der Waals surface area contributed by atoms with Gasteiger partial charge in [-0.2, -0.15) is 0 Å². The number of ether oxygens (including phenoxy) is 2. The minimum atomic E-state index is -4.99. The Labute approximate surface area is 139 Å². The molecular formula is C14H10F3NO6S. The summed E-state index contributed by atoms with van der Waals surface area (Å²) in [6, 6.07) is 6.54. The number of alkyl halides is 3. The standard InChI is InChI=1S/C14H10F3NO6S/c1-23-11-5-9(18(19)20)6-13(8-11)25(21,22)12-4-2-3-10(7-12)24-14(15,16)17/h2-8H,1H3. The molecule has 0 heterocycles. The van der Waals surface area contributed by atoms with E-state index in [0.717, 1.165) is 36.4 Å². The van der Waals surface area contributed by atoms with E-state index >= 15 is 0 Å². The summed E-state index contributed by atoms with van der Waals surface area (Å²) in [4.78, 5) is 9.08. The number of hydrogen-bond donors (Lipinski definition) is 0. The third-order valence-electron chi connectivity index (χ3n) is 2.97. The zero-order valence-electron chi connectivity index (χ0n) is 12.5. The van der Waals surface area contributed by atoms with E-state index in [1.807, 2.05) is 0 Å². The van der Waals surface area contributed by atoms with Gasteiger partial charge in [-0.1, -0.05) is 6.07 Å². The summed E-state index contributed by atoms with van der Waals surface area (Å²) in [6.07, 6.45) is -4.99. The second-order valence-corrected chi connectivity index (χ2v) is 6.60. The molecule has 0 radical (unpaired) electrons. The van der Waals surface area contributed by atoms with E-state index in [2.05, 4.69) is 4.74 Å². The van der Waals surface area contributed by atoms with Crippen molar-refractivity contribution in [1.29, 1.82) is 0 Å². The molecule has 2 aromatic rings. The summed E-state index contributed by atoms with van der Waals surface area (Å²) < 4.78 is 70.5. The van der Waals surface area contributed by atoms with Gasteiger partial charge in [0.25, 0.3) is 5.69 Å². The highest BCUT2D eigenvalue weighted by molar-refractivity contribution is 7.91. The maximum atomic E-state index is 12.6. The third-order valence-corrected chi connectivity index (χ3v) is 4.70.